The summed E-state index contributed by atoms with van der Waals surface area (Å²) in [5.41, 5.74) is 8.75. The Morgan fingerprint density at radius 3 is 2.17 bits per heavy atom. The fourth-order valence-electron chi connectivity index (χ4n) is 1.75. The Balaban J connectivity index is 2.05. The molecule has 1 aromatic carbocycles. The molecule has 0 spiro atoms. The van der Waals surface area contributed by atoms with Gasteiger partial charge in [0.2, 0.25) is 5.95 Å². The van der Waals surface area contributed by atoms with Crippen LogP contribution in [0.4, 0.5) is 11.6 Å². The molecule has 0 radical (unpaired) electrons. The molecule has 0 aliphatic carbocycles. The molecule has 0 aliphatic heterocycles. The van der Waals surface area contributed by atoms with Gasteiger partial charge in [0, 0.05) is 13.6 Å². The highest BCUT2D eigenvalue weighted by Gasteiger charge is 2.04. The van der Waals surface area contributed by atoms with Crippen molar-refractivity contribution in [2.45, 2.75) is 19.9 Å². The quantitative estimate of drug-likeness (QED) is 0.893. The van der Waals surface area contributed by atoms with Gasteiger partial charge in [-0.05, 0) is 17.5 Å². The summed E-state index contributed by atoms with van der Waals surface area (Å²) >= 11 is 0. The molecule has 0 atom stereocenters. The molecule has 2 aromatic rings. The second kappa shape index (κ2) is 5.49. The van der Waals surface area contributed by atoms with Crippen LogP contribution in [-0.4, -0.2) is 17.0 Å². The van der Waals surface area contributed by atoms with Gasteiger partial charge in [0.15, 0.2) is 0 Å². The molecule has 0 saturated carbocycles. The number of anilines is 2. The lowest BCUT2D eigenvalue weighted by molar-refractivity contribution is 0.866. The highest BCUT2D eigenvalue weighted by Crippen LogP contribution is 2.11. The van der Waals surface area contributed by atoms with Crippen LogP contribution < -0.4 is 10.6 Å². The van der Waals surface area contributed by atoms with Gasteiger partial charge in [-0.15, -0.1) is 0 Å². The molecule has 0 amide bonds. The zero-order valence-corrected chi connectivity index (χ0v) is 10.8. The van der Waals surface area contributed by atoms with E-state index in [-0.39, 0.29) is 0 Å². The van der Waals surface area contributed by atoms with Crippen molar-refractivity contribution in [1.29, 1.82) is 0 Å². The minimum atomic E-state index is 0.583. The third-order valence-corrected chi connectivity index (χ3v) is 2.85. The molecule has 2 rings (SSSR count). The summed E-state index contributed by atoms with van der Waals surface area (Å²) < 4.78 is 0. The van der Waals surface area contributed by atoms with Crippen LogP contribution in [0.15, 0.2) is 36.7 Å². The van der Waals surface area contributed by atoms with Gasteiger partial charge in [-0.1, -0.05) is 31.2 Å². The number of aromatic nitrogens is 2. The van der Waals surface area contributed by atoms with Gasteiger partial charge in [0.1, 0.15) is 0 Å². The van der Waals surface area contributed by atoms with E-state index < -0.39 is 0 Å². The van der Waals surface area contributed by atoms with Crippen molar-refractivity contribution in [2.24, 2.45) is 0 Å². The second-order valence-corrected chi connectivity index (χ2v) is 4.34. The van der Waals surface area contributed by atoms with Crippen molar-refractivity contribution in [2.75, 3.05) is 17.7 Å². The van der Waals surface area contributed by atoms with Crippen LogP contribution in [0.25, 0.3) is 0 Å². The van der Waals surface area contributed by atoms with Gasteiger partial charge in [-0.3, -0.25) is 0 Å². The predicted molar refractivity (Wildman–Crippen MR) is 74.4 cm³/mol. The molecule has 0 bridgehead atoms. The third kappa shape index (κ3) is 2.97. The third-order valence-electron chi connectivity index (χ3n) is 2.85. The zero-order chi connectivity index (χ0) is 13.0. The molecule has 1 aromatic heterocycles. The Morgan fingerprint density at radius 1 is 1.06 bits per heavy atom. The van der Waals surface area contributed by atoms with Crippen LogP contribution in [0.5, 0.6) is 0 Å². The summed E-state index contributed by atoms with van der Waals surface area (Å²) in [6, 6.07) is 8.61. The second-order valence-electron chi connectivity index (χ2n) is 4.34. The van der Waals surface area contributed by atoms with Crippen molar-refractivity contribution < 1.29 is 0 Å². The zero-order valence-electron chi connectivity index (χ0n) is 10.8. The lowest BCUT2D eigenvalue weighted by Gasteiger charge is -2.17. The Morgan fingerprint density at radius 2 is 1.61 bits per heavy atom. The van der Waals surface area contributed by atoms with E-state index in [1.165, 1.54) is 11.1 Å². The molecule has 0 unspecified atom stereocenters. The molecular formula is C14H18N4. The standard InChI is InChI=1S/C14H18N4/c1-3-11-4-6-12(7-5-11)10-18(2)14-16-8-13(15)9-17-14/h4-9H,3,10,15H2,1-2H3. The molecule has 2 N–H and O–H groups in total. The minimum Gasteiger partial charge on any atom is -0.396 e. The summed E-state index contributed by atoms with van der Waals surface area (Å²) in [6.07, 6.45) is 4.31. The Labute approximate surface area is 107 Å². The average molecular weight is 242 g/mol. The van der Waals surface area contributed by atoms with E-state index >= 15 is 0 Å². The fourth-order valence-corrected chi connectivity index (χ4v) is 1.75. The minimum absolute atomic E-state index is 0.583. The monoisotopic (exact) mass is 242 g/mol. The summed E-state index contributed by atoms with van der Waals surface area (Å²) in [5, 5.41) is 0. The number of nitrogen functional groups attached to an aromatic ring is 1. The number of aryl methyl sites for hydroxylation is 1. The number of benzene rings is 1. The number of rotatable bonds is 4. The first-order chi connectivity index (χ1) is 8.69. The topological polar surface area (TPSA) is 55.0 Å². The van der Waals surface area contributed by atoms with Crippen LogP contribution in [0.3, 0.4) is 0 Å². The normalized spacial score (nSPS) is 10.3. The Bertz CT molecular complexity index is 490. The van der Waals surface area contributed by atoms with Gasteiger partial charge >= 0.3 is 0 Å². The van der Waals surface area contributed by atoms with E-state index in [2.05, 4.69) is 41.2 Å². The van der Waals surface area contributed by atoms with Gasteiger partial charge in [-0.25, -0.2) is 9.97 Å². The van der Waals surface area contributed by atoms with E-state index in [0.29, 0.717) is 11.6 Å². The number of hydrogen-bond donors (Lipinski definition) is 1. The van der Waals surface area contributed by atoms with Crippen LogP contribution in [0.1, 0.15) is 18.1 Å². The maximum atomic E-state index is 5.57. The maximum Gasteiger partial charge on any atom is 0.225 e. The highest BCUT2D eigenvalue weighted by atomic mass is 15.2. The largest absolute Gasteiger partial charge is 0.396 e. The first-order valence-corrected chi connectivity index (χ1v) is 6.05. The molecular weight excluding hydrogens is 224 g/mol. The molecule has 1 heterocycles. The van der Waals surface area contributed by atoms with E-state index in [9.17, 15) is 0 Å². The van der Waals surface area contributed by atoms with E-state index in [1.54, 1.807) is 12.4 Å². The van der Waals surface area contributed by atoms with Crippen LogP contribution in [0, 0.1) is 0 Å². The van der Waals surface area contributed by atoms with E-state index in [4.69, 9.17) is 5.73 Å². The lowest BCUT2D eigenvalue weighted by Crippen LogP contribution is -2.19. The van der Waals surface area contributed by atoms with Crippen LogP contribution in [0.2, 0.25) is 0 Å². The van der Waals surface area contributed by atoms with Crippen molar-refractivity contribution >= 4 is 11.6 Å². The summed E-state index contributed by atoms with van der Waals surface area (Å²) in [6.45, 7) is 2.94. The van der Waals surface area contributed by atoms with Crippen molar-refractivity contribution in [3.63, 3.8) is 0 Å². The highest BCUT2D eigenvalue weighted by molar-refractivity contribution is 5.38. The summed E-state index contributed by atoms with van der Waals surface area (Å²) in [7, 11) is 1.97. The summed E-state index contributed by atoms with van der Waals surface area (Å²) in [5.74, 6) is 0.684. The molecule has 4 heteroatoms. The van der Waals surface area contributed by atoms with Gasteiger partial charge in [0.25, 0.3) is 0 Å². The molecule has 0 saturated heterocycles. The summed E-state index contributed by atoms with van der Waals surface area (Å²) in [4.78, 5) is 10.4. The van der Waals surface area contributed by atoms with Crippen LogP contribution >= 0.6 is 0 Å². The van der Waals surface area contributed by atoms with Crippen molar-refractivity contribution in [3.05, 3.63) is 47.8 Å². The molecule has 0 fully saturated rings. The first-order valence-electron chi connectivity index (χ1n) is 6.05. The van der Waals surface area contributed by atoms with Crippen LogP contribution in [-0.2, 0) is 13.0 Å². The number of nitrogens with zero attached hydrogens (tertiary/aromatic N) is 3. The predicted octanol–water partition coefficient (Wildman–Crippen LogP) is 2.26. The molecule has 0 aliphatic rings. The van der Waals surface area contributed by atoms with Gasteiger partial charge < -0.3 is 10.6 Å². The maximum absolute atomic E-state index is 5.57. The van der Waals surface area contributed by atoms with Gasteiger partial charge in [0.05, 0.1) is 18.1 Å². The van der Waals surface area contributed by atoms with Crippen molar-refractivity contribution in [3.8, 4) is 0 Å². The lowest BCUT2D eigenvalue weighted by atomic mass is 10.1. The first kappa shape index (κ1) is 12.4. The number of hydrogen-bond acceptors (Lipinski definition) is 4. The molecule has 94 valence electrons. The number of nitrogens with two attached hydrogens (primary N) is 1. The Hall–Kier alpha value is -2.10. The fraction of sp³-hybridized carbons (Fsp3) is 0.286. The smallest absolute Gasteiger partial charge is 0.225 e. The SMILES string of the molecule is CCc1ccc(CN(C)c2ncc(N)cn2)cc1. The van der Waals surface area contributed by atoms with E-state index in [0.717, 1.165) is 13.0 Å². The van der Waals surface area contributed by atoms with E-state index in [1.807, 2.05) is 11.9 Å². The molecule has 4 nitrogen and oxygen atoms in total. The molecule has 18 heavy (non-hydrogen) atoms. The average Bonchev–Trinajstić information content (AvgIpc) is 2.40. The van der Waals surface area contributed by atoms with Gasteiger partial charge in [-0.2, -0.15) is 0 Å². The Kier molecular flexibility index (Phi) is 3.77. The van der Waals surface area contributed by atoms with Crippen molar-refractivity contribution in [1.82, 2.24) is 9.97 Å².